The second kappa shape index (κ2) is 12.3. The van der Waals surface area contributed by atoms with Crippen LogP contribution in [0.2, 0.25) is 10.0 Å². The lowest BCUT2D eigenvalue weighted by Crippen LogP contribution is -2.46. The minimum Gasteiger partial charge on any atom is -0.395 e. The third kappa shape index (κ3) is 6.63. The number of fused-ring (bicyclic) bond motifs is 1. The number of nitrogens with one attached hydrogen (secondary N) is 1. The summed E-state index contributed by atoms with van der Waals surface area (Å²) in [7, 11) is -3.67. The second-order valence-corrected chi connectivity index (χ2v) is 12.8. The van der Waals surface area contributed by atoms with Crippen LogP contribution in [0, 0.1) is 0 Å². The number of rotatable bonds is 9. The lowest BCUT2D eigenvalue weighted by Gasteiger charge is -2.34. The van der Waals surface area contributed by atoms with E-state index < -0.39 is 27.1 Å². The summed E-state index contributed by atoms with van der Waals surface area (Å²) in [4.78, 5) is 19.5. The maximum absolute atomic E-state index is 14.3. The minimum absolute atomic E-state index is 0.0210. The first kappa shape index (κ1) is 30.7. The van der Waals surface area contributed by atoms with Crippen LogP contribution in [0.5, 0.6) is 0 Å². The molecule has 1 aliphatic heterocycles. The Hall–Kier alpha value is -2.22. The van der Waals surface area contributed by atoms with E-state index in [0.717, 1.165) is 29.8 Å². The molecular formula is C26H29Cl2F3N4O4S. The second-order valence-electron chi connectivity index (χ2n) is 9.70. The number of likely N-dealkylation sites (tertiary alicyclic amines) is 1. The Kier molecular flexibility index (Phi) is 9.48. The molecule has 1 atom stereocenters. The molecule has 14 heteroatoms. The number of aliphatic hydroxyl groups excluding tert-OH is 1. The van der Waals surface area contributed by atoms with E-state index in [4.69, 9.17) is 28.3 Å². The monoisotopic (exact) mass is 620 g/mol. The maximum Gasteiger partial charge on any atom is 0.416 e. The van der Waals surface area contributed by atoms with E-state index in [1.165, 1.54) is 25.1 Å². The first-order valence-electron chi connectivity index (χ1n) is 12.7. The number of sulfone groups is 1. The zero-order valence-corrected chi connectivity index (χ0v) is 24.0. The van der Waals surface area contributed by atoms with Crippen molar-refractivity contribution < 1.29 is 26.7 Å². The van der Waals surface area contributed by atoms with Crippen molar-refractivity contribution in [3.63, 3.8) is 0 Å². The molecule has 1 aliphatic rings. The predicted octanol–water partition coefficient (Wildman–Crippen LogP) is 4.11. The number of aromatic nitrogens is 2. The Balaban J connectivity index is 1.76. The fourth-order valence-electron chi connectivity index (χ4n) is 5.00. The van der Waals surface area contributed by atoms with E-state index in [0.29, 0.717) is 19.6 Å². The molecule has 0 radical (unpaired) electrons. The average molecular weight is 622 g/mol. The molecule has 0 amide bonds. The van der Waals surface area contributed by atoms with E-state index >= 15 is 0 Å². The molecular weight excluding hydrogens is 592 g/mol. The zero-order valence-electron chi connectivity index (χ0n) is 21.6. The summed E-state index contributed by atoms with van der Waals surface area (Å²) in [5.41, 5.74) is -1.84. The van der Waals surface area contributed by atoms with Crippen LogP contribution < -0.4 is 10.9 Å². The summed E-state index contributed by atoms with van der Waals surface area (Å²) in [5, 5.41) is 11.9. The van der Waals surface area contributed by atoms with E-state index in [2.05, 4.69) is 10.3 Å². The molecule has 1 fully saturated rings. The molecule has 8 nitrogen and oxygen atoms in total. The summed E-state index contributed by atoms with van der Waals surface area (Å²) < 4.78 is 69.0. The number of alkyl halides is 3. The van der Waals surface area contributed by atoms with E-state index in [1.807, 2.05) is 4.90 Å². The van der Waals surface area contributed by atoms with Gasteiger partial charge in [-0.15, -0.1) is 0 Å². The third-order valence-electron chi connectivity index (χ3n) is 6.98. The quantitative estimate of drug-likeness (QED) is 0.371. The molecule has 0 spiro atoms. The van der Waals surface area contributed by atoms with Crippen molar-refractivity contribution in [2.45, 2.75) is 50.0 Å². The van der Waals surface area contributed by atoms with E-state index in [-0.39, 0.29) is 68.5 Å². The number of piperidine rings is 1. The van der Waals surface area contributed by atoms with Crippen LogP contribution in [0.1, 0.15) is 36.5 Å². The highest BCUT2D eigenvalue weighted by Gasteiger charge is 2.37. The molecule has 4 rings (SSSR count). The van der Waals surface area contributed by atoms with Crippen molar-refractivity contribution in [2.75, 3.05) is 32.0 Å². The Morgan fingerprint density at radius 3 is 2.62 bits per heavy atom. The van der Waals surface area contributed by atoms with Gasteiger partial charge in [-0.2, -0.15) is 13.2 Å². The third-order valence-corrected chi connectivity index (χ3v) is 9.45. The molecule has 218 valence electrons. The first-order valence-corrected chi connectivity index (χ1v) is 15.1. The van der Waals surface area contributed by atoms with Crippen molar-refractivity contribution >= 4 is 43.9 Å². The highest BCUT2D eigenvalue weighted by atomic mass is 35.5. The van der Waals surface area contributed by atoms with Gasteiger partial charge in [0.2, 0.25) is 0 Å². The van der Waals surface area contributed by atoms with Crippen LogP contribution in [-0.2, 0) is 29.1 Å². The van der Waals surface area contributed by atoms with Crippen molar-refractivity contribution in [3.8, 4) is 0 Å². The van der Waals surface area contributed by atoms with Crippen LogP contribution in [-0.4, -0.2) is 66.0 Å². The highest BCUT2D eigenvalue weighted by molar-refractivity contribution is 7.91. The lowest BCUT2D eigenvalue weighted by atomic mass is 10.0. The van der Waals surface area contributed by atoms with Crippen LogP contribution in [0.25, 0.3) is 10.9 Å². The number of benzene rings is 2. The van der Waals surface area contributed by atoms with Gasteiger partial charge in [0.25, 0.3) is 5.56 Å². The largest absolute Gasteiger partial charge is 0.416 e. The standard InChI is InChI=1S/C26H29Cl2F3N4O4S/c1-2-40(38,39)22-6-5-17(27)10-16(22)12-35-15-33-24-19(25(35)37)11-21(26(29,30)31)20(23(24)28)14-34-8-3-4-18(13-34)32-7-9-36/h5-6,10-11,15,18,32,36H,2-4,7-9,12-14H2,1H3/t18-/m0/s1. The van der Waals surface area contributed by atoms with Crippen LogP contribution in [0.15, 0.2) is 40.3 Å². The lowest BCUT2D eigenvalue weighted by molar-refractivity contribution is -0.138. The van der Waals surface area contributed by atoms with Crippen LogP contribution in [0.3, 0.4) is 0 Å². The smallest absolute Gasteiger partial charge is 0.395 e. The molecule has 2 heterocycles. The fourth-order valence-corrected chi connectivity index (χ4v) is 6.61. The SMILES string of the molecule is CCS(=O)(=O)c1ccc(Cl)cc1Cn1cnc2c(Cl)c(CN3CCC[C@H](NCCO)C3)c(C(F)(F)F)cc2c1=O. The Morgan fingerprint density at radius 1 is 1.20 bits per heavy atom. The van der Waals surface area contributed by atoms with Gasteiger partial charge in [0, 0.05) is 30.7 Å². The predicted molar refractivity (Wildman–Crippen MR) is 148 cm³/mol. The van der Waals surface area contributed by atoms with Gasteiger partial charge in [0.1, 0.15) is 0 Å². The fraction of sp³-hybridized carbons (Fsp3) is 0.462. The van der Waals surface area contributed by atoms with Gasteiger partial charge in [0.15, 0.2) is 9.84 Å². The van der Waals surface area contributed by atoms with Crippen LogP contribution in [0.4, 0.5) is 13.2 Å². The summed E-state index contributed by atoms with van der Waals surface area (Å²) in [6.45, 7) is 2.51. The minimum atomic E-state index is -4.79. The zero-order chi connectivity index (χ0) is 29.2. The molecule has 0 unspecified atom stereocenters. The number of nitrogens with zero attached hydrogens (tertiary/aromatic N) is 3. The molecule has 40 heavy (non-hydrogen) atoms. The average Bonchev–Trinajstić information content (AvgIpc) is 2.90. The normalized spacial score (nSPS) is 17.0. The van der Waals surface area contributed by atoms with Gasteiger partial charge in [0.05, 0.1) is 51.6 Å². The summed E-state index contributed by atoms with van der Waals surface area (Å²) in [6.07, 6.45) is -2.05. The summed E-state index contributed by atoms with van der Waals surface area (Å²) >= 11 is 12.6. The van der Waals surface area contributed by atoms with E-state index in [1.54, 1.807) is 0 Å². The molecule has 1 saturated heterocycles. The van der Waals surface area contributed by atoms with Crippen molar-refractivity contribution in [2.24, 2.45) is 0 Å². The summed E-state index contributed by atoms with van der Waals surface area (Å²) in [6, 6.07) is 4.95. The molecule has 2 N–H and O–H groups in total. The van der Waals surface area contributed by atoms with Crippen molar-refractivity contribution in [3.05, 3.63) is 67.7 Å². The molecule has 1 aromatic heterocycles. The number of hydrogen-bond donors (Lipinski definition) is 2. The van der Waals surface area contributed by atoms with Gasteiger partial charge in [-0.25, -0.2) is 13.4 Å². The topological polar surface area (TPSA) is 105 Å². The molecule has 3 aromatic rings. The highest BCUT2D eigenvalue weighted by Crippen LogP contribution is 2.39. The Morgan fingerprint density at radius 2 is 1.95 bits per heavy atom. The number of hydrogen-bond acceptors (Lipinski definition) is 7. The molecule has 0 bridgehead atoms. The Bertz CT molecular complexity index is 1560. The van der Waals surface area contributed by atoms with Crippen molar-refractivity contribution in [1.29, 1.82) is 0 Å². The number of aliphatic hydroxyl groups is 1. The summed E-state index contributed by atoms with van der Waals surface area (Å²) in [5.74, 6) is -0.185. The van der Waals surface area contributed by atoms with Gasteiger partial charge in [-0.3, -0.25) is 14.3 Å². The molecule has 0 aliphatic carbocycles. The van der Waals surface area contributed by atoms with E-state index in [9.17, 15) is 26.4 Å². The molecule has 0 saturated carbocycles. The number of halogens is 5. The maximum atomic E-state index is 14.3. The Labute approximate surface area is 239 Å². The van der Waals surface area contributed by atoms with Gasteiger partial charge in [-0.05, 0) is 54.8 Å². The van der Waals surface area contributed by atoms with Crippen molar-refractivity contribution in [1.82, 2.24) is 19.8 Å². The van der Waals surface area contributed by atoms with Gasteiger partial charge >= 0.3 is 6.18 Å². The first-order chi connectivity index (χ1) is 18.9. The van der Waals surface area contributed by atoms with Gasteiger partial charge in [-0.1, -0.05) is 30.1 Å². The van der Waals surface area contributed by atoms with Gasteiger partial charge < -0.3 is 10.4 Å². The van der Waals surface area contributed by atoms with Crippen LogP contribution >= 0.6 is 23.2 Å². The molecule has 2 aromatic carbocycles.